The zero-order valence-electron chi connectivity index (χ0n) is 11.4. The van der Waals surface area contributed by atoms with E-state index in [9.17, 15) is 5.11 Å². The van der Waals surface area contributed by atoms with Crippen molar-refractivity contribution in [3.63, 3.8) is 0 Å². The molecule has 2 nitrogen and oxygen atoms in total. The van der Waals surface area contributed by atoms with Gasteiger partial charge in [0.05, 0.1) is 10.6 Å². The smallest absolute Gasteiger partial charge is 0.142 e. The Morgan fingerprint density at radius 3 is 2.60 bits per heavy atom. The minimum atomic E-state index is 0.318. The number of thiophene rings is 1. The molecule has 0 bridgehead atoms. The average molecular weight is 281 g/mol. The Morgan fingerprint density at radius 2 is 1.85 bits per heavy atom. The molecule has 100 valence electrons. The summed E-state index contributed by atoms with van der Waals surface area (Å²) in [6, 6.07) is 13.9. The van der Waals surface area contributed by atoms with Gasteiger partial charge in [0.2, 0.25) is 0 Å². The second-order valence-corrected chi connectivity index (χ2v) is 5.92. The SMILES string of the molecule is Cc1ccc(/N=C/c2sc3ccccc3c2O)cc1C. The molecule has 0 aliphatic rings. The normalized spacial score (nSPS) is 11.5. The molecule has 2 aromatic carbocycles. The summed E-state index contributed by atoms with van der Waals surface area (Å²) in [5.41, 5.74) is 3.39. The molecule has 0 amide bonds. The maximum Gasteiger partial charge on any atom is 0.142 e. The van der Waals surface area contributed by atoms with E-state index in [4.69, 9.17) is 0 Å². The minimum absolute atomic E-state index is 0.318. The van der Waals surface area contributed by atoms with Gasteiger partial charge in [-0.3, -0.25) is 4.99 Å². The van der Waals surface area contributed by atoms with Crippen molar-refractivity contribution in [3.05, 3.63) is 58.5 Å². The van der Waals surface area contributed by atoms with E-state index in [0.29, 0.717) is 5.75 Å². The summed E-state index contributed by atoms with van der Waals surface area (Å²) >= 11 is 1.55. The molecule has 1 N–H and O–H groups in total. The molecule has 0 saturated heterocycles. The maximum absolute atomic E-state index is 10.2. The Kier molecular flexibility index (Phi) is 3.28. The van der Waals surface area contributed by atoms with Crippen molar-refractivity contribution < 1.29 is 5.11 Å². The molecule has 1 heterocycles. The zero-order valence-corrected chi connectivity index (χ0v) is 12.2. The van der Waals surface area contributed by atoms with Crippen molar-refractivity contribution in [2.75, 3.05) is 0 Å². The van der Waals surface area contributed by atoms with Crippen LogP contribution < -0.4 is 0 Å². The summed E-state index contributed by atoms with van der Waals surface area (Å²) in [7, 11) is 0. The topological polar surface area (TPSA) is 32.6 Å². The van der Waals surface area contributed by atoms with Crippen molar-refractivity contribution in [2.45, 2.75) is 13.8 Å². The number of fused-ring (bicyclic) bond motifs is 1. The summed E-state index contributed by atoms with van der Waals surface area (Å²) in [4.78, 5) is 5.26. The van der Waals surface area contributed by atoms with E-state index in [2.05, 4.69) is 31.0 Å². The van der Waals surface area contributed by atoms with E-state index in [1.54, 1.807) is 17.6 Å². The highest BCUT2D eigenvalue weighted by molar-refractivity contribution is 7.21. The van der Waals surface area contributed by atoms with Crippen LogP contribution in [0.1, 0.15) is 16.0 Å². The number of aromatic hydroxyl groups is 1. The first kappa shape index (κ1) is 12.9. The van der Waals surface area contributed by atoms with Gasteiger partial charge in [0.15, 0.2) is 0 Å². The predicted molar refractivity (Wildman–Crippen MR) is 86.7 cm³/mol. The van der Waals surface area contributed by atoms with E-state index in [1.807, 2.05) is 30.3 Å². The van der Waals surface area contributed by atoms with E-state index in [1.165, 1.54) is 11.1 Å². The molecular formula is C17H15NOS. The van der Waals surface area contributed by atoms with Crippen LogP contribution >= 0.6 is 11.3 Å². The standard InChI is InChI=1S/C17H15NOS/c1-11-7-8-13(9-12(11)2)18-10-16-17(19)14-5-3-4-6-15(14)20-16/h3-10,19H,1-2H3/b18-10+. The molecule has 0 atom stereocenters. The summed E-state index contributed by atoms with van der Waals surface area (Å²) in [6.07, 6.45) is 1.74. The quantitative estimate of drug-likeness (QED) is 0.660. The highest BCUT2D eigenvalue weighted by Crippen LogP contribution is 2.35. The molecule has 3 aromatic rings. The highest BCUT2D eigenvalue weighted by atomic mass is 32.1. The number of aryl methyl sites for hydroxylation is 2. The number of benzene rings is 2. The first-order valence-electron chi connectivity index (χ1n) is 6.47. The van der Waals surface area contributed by atoms with E-state index in [0.717, 1.165) is 20.7 Å². The van der Waals surface area contributed by atoms with Gasteiger partial charge in [0, 0.05) is 16.3 Å². The summed E-state index contributed by atoms with van der Waals surface area (Å²) in [6.45, 7) is 4.16. The van der Waals surface area contributed by atoms with Crippen molar-refractivity contribution in [1.29, 1.82) is 0 Å². The van der Waals surface area contributed by atoms with Gasteiger partial charge < -0.3 is 5.11 Å². The lowest BCUT2D eigenvalue weighted by Gasteiger charge is -2.00. The monoisotopic (exact) mass is 281 g/mol. The average Bonchev–Trinajstić information content (AvgIpc) is 2.77. The second kappa shape index (κ2) is 5.10. The maximum atomic E-state index is 10.2. The summed E-state index contributed by atoms with van der Waals surface area (Å²) < 4.78 is 1.08. The van der Waals surface area contributed by atoms with Gasteiger partial charge in [-0.2, -0.15) is 0 Å². The van der Waals surface area contributed by atoms with Crippen molar-refractivity contribution >= 4 is 33.3 Å². The Hall–Kier alpha value is -2.13. The molecule has 0 aliphatic carbocycles. The highest BCUT2D eigenvalue weighted by Gasteiger charge is 2.08. The molecule has 0 spiro atoms. The van der Waals surface area contributed by atoms with Gasteiger partial charge in [0.25, 0.3) is 0 Å². The van der Waals surface area contributed by atoms with Crippen LogP contribution in [-0.2, 0) is 0 Å². The lowest BCUT2D eigenvalue weighted by molar-refractivity contribution is 0.483. The largest absolute Gasteiger partial charge is 0.506 e. The second-order valence-electron chi connectivity index (χ2n) is 4.84. The van der Waals surface area contributed by atoms with Gasteiger partial charge in [-0.25, -0.2) is 0 Å². The molecular weight excluding hydrogens is 266 g/mol. The third-order valence-corrected chi connectivity index (χ3v) is 4.51. The predicted octanol–water partition coefficient (Wildman–Crippen LogP) is 4.97. The van der Waals surface area contributed by atoms with Gasteiger partial charge >= 0.3 is 0 Å². The fourth-order valence-electron chi connectivity index (χ4n) is 2.08. The molecule has 3 heteroatoms. The van der Waals surface area contributed by atoms with E-state index in [-0.39, 0.29) is 0 Å². The molecule has 0 saturated carbocycles. The van der Waals surface area contributed by atoms with Gasteiger partial charge in [-0.1, -0.05) is 18.2 Å². The van der Waals surface area contributed by atoms with E-state index < -0.39 is 0 Å². The number of nitrogens with zero attached hydrogens (tertiary/aromatic N) is 1. The number of aliphatic imine (C=N–C) groups is 1. The van der Waals surface area contributed by atoms with Crippen molar-refractivity contribution in [2.24, 2.45) is 4.99 Å². The number of hydrogen-bond acceptors (Lipinski definition) is 3. The summed E-state index contributed by atoms with van der Waals surface area (Å²) in [5.74, 6) is 0.318. The molecule has 0 fully saturated rings. The van der Waals surface area contributed by atoms with Crippen LogP contribution in [0, 0.1) is 13.8 Å². The van der Waals surface area contributed by atoms with Gasteiger partial charge in [0.1, 0.15) is 5.75 Å². The number of hydrogen-bond donors (Lipinski definition) is 1. The van der Waals surface area contributed by atoms with Crippen LogP contribution in [0.25, 0.3) is 10.1 Å². The van der Waals surface area contributed by atoms with Crippen molar-refractivity contribution in [1.82, 2.24) is 0 Å². The Balaban J connectivity index is 1.98. The molecule has 20 heavy (non-hydrogen) atoms. The Bertz CT molecular complexity index is 802. The van der Waals surface area contributed by atoms with Gasteiger partial charge in [-0.05, 0) is 49.2 Å². The number of rotatable bonds is 2. The van der Waals surface area contributed by atoms with Crippen LogP contribution in [0.15, 0.2) is 47.5 Å². The first-order chi connectivity index (χ1) is 9.65. The fourth-order valence-corrected chi connectivity index (χ4v) is 3.05. The Labute approximate surface area is 122 Å². The molecule has 0 unspecified atom stereocenters. The fraction of sp³-hybridized carbons (Fsp3) is 0.118. The Morgan fingerprint density at radius 1 is 1.05 bits per heavy atom. The van der Waals surface area contributed by atoms with Gasteiger partial charge in [-0.15, -0.1) is 11.3 Å². The molecule has 0 aliphatic heterocycles. The van der Waals surface area contributed by atoms with E-state index >= 15 is 0 Å². The lowest BCUT2D eigenvalue weighted by atomic mass is 10.1. The molecule has 3 rings (SSSR count). The van der Waals surface area contributed by atoms with Crippen LogP contribution in [0.3, 0.4) is 0 Å². The van der Waals surface area contributed by atoms with Crippen LogP contribution in [0.5, 0.6) is 5.75 Å². The third-order valence-electron chi connectivity index (χ3n) is 3.42. The van der Waals surface area contributed by atoms with Crippen LogP contribution in [0.4, 0.5) is 5.69 Å². The molecule has 0 radical (unpaired) electrons. The minimum Gasteiger partial charge on any atom is -0.506 e. The lowest BCUT2D eigenvalue weighted by Crippen LogP contribution is -1.79. The van der Waals surface area contributed by atoms with Crippen LogP contribution in [-0.4, -0.2) is 11.3 Å². The first-order valence-corrected chi connectivity index (χ1v) is 7.28. The van der Waals surface area contributed by atoms with Crippen molar-refractivity contribution in [3.8, 4) is 5.75 Å². The zero-order chi connectivity index (χ0) is 14.1. The summed E-state index contributed by atoms with van der Waals surface area (Å²) in [5, 5.41) is 11.1. The molecule has 1 aromatic heterocycles. The van der Waals surface area contributed by atoms with Crippen LogP contribution in [0.2, 0.25) is 0 Å². The third kappa shape index (κ3) is 2.32.